The number of hydrogen-bond donors (Lipinski definition) is 0. The highest BCUT2D eigenvalue weighted by Gasteiger charge is 2.13. The van der Waals surface area contributed by atoms with Crippen molar-refractivity contribution < 1.29 is 0 Å². The molecule has 0 aromatic rings. The Kier molecular flexibility index (Phi) is 1.45. The first kappa shape index (κ1) is 4.82. The maximum atomic E-state index is 3.93. The smallest absolute Gasteiger partial charge is 0.0273 e. The van der Waals surface area contributed by atoms with E-state index in [0.29, 0.717) is 0 Å². The zero-order valence-electron chi connectivity index (χ0n) is 4.72. The highest BCUT2D eigenvalue weighted by Crippen LogP contribution is 2.23. The van der Waals surface area contributed by atoms with Crippen LogP contribution in [-0.4, -0.2) is 13.3 Å². The molecule has 0 atom stereocenters. The normalized spacial score (nSPS) is 23.0. The molecule has 1 rings (SSSR count). The van der Waals surface area contributed by atoms with Crippen molar-refractivity contribution in [1.82, 2.24) is 0 Å². The van der Waals surface area contributed by atoms with E-state index < -0.39 is 0 Å². The van der Waals surface area contributed by atoms with Crippen LogP contribution in [0.3, 0.4) is 0 Å². The van der Waals surface area contributed by atoms with Gasteiger partial charge in [0.15, 0.2) is 0 Å². The Hall–Kier alpha value is -0.330. The van der Waals surface area contributed by atoms with Crippen LogP contribution in [0.2, 0.25) is 0 Å². The molecule has 40 valence electrons. The van der Waals surface area contributed by atoms with E-state index in [1.807, 2.05) is 7.05 Å². The Morgan fingerprint density at radius 3 is 2.43 bits per heavy atom. The maximum Gasteiger partial charge on any atom is 0.0273 e. The van der Waals surface area contributed by atoms with Crippen LogP contribution in [0.5, 0.6) is 0 Å². The fourth-order valence-electron chi connectivity index (χ4n) is 0.800. The molecule has 0 N–H and O–H groups in total. The van der Waals surface area contributed by atoms with Crippen molar-refractivity contribution in [3.05, 3.63) is 0 Å². The average Bonchev–Trinajstić information content (AvgIpc) is 1.55. The fourth-order valence-corrected chi connectivity index (χ4v) is 0.800. The Balaban J connectivity index is 2.14. The van der Waals surface area contributed by atoms with Gasteiger partial charge in [-0.25, -0.2) is 0 Å². The summed E-state index contributed by atoms with van der Waals surface area (Å²) in [5, 5.41) is 0. The molecule has 1 heteroatoms. The molecular formula is C6H11N. The first-order valence-corrected chi connectivity index (χ1v) is 2.86. The van der Waals surface area contributed by atoms with Gasteiger partial charge in [0, 0.05) is 13.3 Å². The zero-order valence-corrected chi connectivity index (χ0v) is 4.72. The molecule has 0 saturated heterocycles. The van der Waals surface area contributed by atoms with E-state index in [2.05, 4.69) is 11.2 Å². The van der Waals surface area contributed by atoms with Crippen molar-refractivity contribution in [2.24, 2.45) is 10.9 Å². The van der Waals surface area contributed by atoms with Crippen molar-refractivity contribution >= 4 is 6.21 Å². The Morgan fingerprint density at radius 2 is 2.29 bits per heavy atom. The van der Waals surface area contributed by atoms with Gasteiger partial charge in [0.25, 0.3) is 0 Å². The van der Waals surface area contributed by atoms with Gasteiger partial charge in [-0.15, -0.1) is 0 Å². The van der Waals surface area contributed by atoms with Crippen LogP contribution >= 0.6 is 0 Å². The van der Waals surface area contributed by atoms with Gasteiger partial charge in [-0.2, -0.15) is 0 Å². The van der Waals surface area contributed by atoms with Gasteiger partial charge in [-0.1, -0.05) is 6.42 Å². The summed E-state index contributed by atoms with van der Waals surface area (Å²) in [5.41, 5.74) is 0. The number of rotatable bonds is 1. The molecule has 7 heavy (non-hydrogen) atoms. The minimum atomic E-state index is 0.838. The van der Waals surface area contributed by atoms with Crippen LogP contribution in [0.15, 0.2) is 4.99 Å². The van der Waals surface area contributed by atoms with Gasteiger partial charge in [0.2, 0.25) is 0 Å². The second-order valence-electron chi connectivity index (χ2n) is 2.10. The first-order valence-electron chi connectivity index (χ1n) is 2.86. The van der Waals surface area contributed by atoms with Gasteiger partial charge in [0.05, 0.1) is 0 Å². The molecule has 0 bridgehead atoms. The summed E-state index contributed by atoms with van der Waals surface area (Å²) in [7, 11) is 1.85. The van der Waals surface area contributed by atoms with Crippen LogP contribution in [0, 0.1) is 5.92 Å². The van der Waals surface area contributed by atoms with Crippen LogP contribution in [0.4, 0.5) is 0 Å². The molecule has 0 unspecified atom stereocenters. The van der Waals surface area contributed by atoms with Crippen LogP contribution in [-0.2, 0) is 0 Å². The summed E-state index contributed by atoms with van der Waals surface area (Å²) in [6, 6.07) is 0. The Bertz CT molecular complexity index is 72.2. The van der Waals surface area contributed by atoms with E-state index in [9.17, 15) is 0 Å². The molecule has 1 nitrogen and oxygen atoms in total. The highest BCUT2D eigenvalue weighted by molar-refractivity contribution is 5.61. The molecule has 0 spiro atoms. The quantitative estimate of drug-likeness (QED) is 0.439. The first-order chi connectivity index (χ1) is 3.43. The number of hydrogen-bond acceptors (Lipinski definition) is 1. The summed E-state index contributed by atoms with van der Waals surface area (Å²) in [6.45, 7) is 0. The molecule has 0 heterocycles. The average molecular weight is 97.2 g/mol. The lowest BCUT2D eigenvalue weighted by atomic mass is 9.87. The topological polar surface area (TPSA) is 12.4 Å². The predicted octanol–water partition coefficient (Wildman–Crippen LogP) is 1.49. The van der Waals surface area contributed by atoms with Crippen molar-refractivity contribution in [3.63, 3.8) is 0 Å². The van der Waals surface area contributed by atoms with Crippen molar-refractivity contribution in [2.75, 3.05) is 7.05 Å². The molecule has 0 aromatic heterocycles. The van der Waals surface area contributed by atoms with Gasteiger partial charge < -0.3 is 4.99 Å². The zero-order chi connectivity index (χ0) is 5.11. The monoisotopic (exact) mass is 97.1 g/mol. The van der Waals surface area contributed by atoms with E-state index in [0.717, 1.165) is 5.92 Å². The van der Waals surface area contributed by atoms with Crippen molar-refractivity contribution in [1.29, 1.82) is 0 Å². The number of aliphatic imine (C=N–C) groups is 1. The Labute approximate surface area is 44.5 Å². The van der Waals surface area contributed by atoms with Gasteiger partial charge >= 0.3 is 0 Å². The van der Waals surface area contributed by atoms with Gasteiger partial charge in [-0.3, -0.25) is 0 Å². The van der Waals surface area contributed by atoms with E-state index in [4.69, 9.17) is 0 Å². The standard InChI is InChI=1S/C6H11N/c1-7-5-6-3-2-4-6/h5-6H,2-4H2,1H3/b7-5+. The molecule has 0 aromatic carbocycles. The third-order valence-corrected chi connectivity index (χ3v) is 1.51. The van der Waals surface area contributed by atoms with E-state index in [1.54, 1.807) is 0 Å². The molecule has 1 aliphatic carbocycles. The molecule has 0 aliphatic heterocycles. The second kappa shape index (κ2) is 2.10. The largest absolute Gasteiger partial charge is 0.301 e. The molecular weight excluding hydrogens is 86.1 g/mol. The molecule has 1 aliphatic rings. The summed E-state index contributed by atoms with van der Waals surface area (Å²) in [4.78, 5) is 3.93. The molecule has 1 saturated carbocycles. The third kappa shape index (κ3) is 1.02. The van der Waals surface area contributed by atoms with E-state index in [-0.39, 0.29) is 0 Å². The van der Waals surface area contributed by atoms with Crippen LogP contribution < -0.4 is 0 Å². The van der Waals surface area contributed by atoms with E-state index >= 15 is 0 Å². The summed E-state index contributed by atoms with van der Waals surface area (Å²) in [6.07, 6.45) is 6.22. The summed E-state index contributed by atoms with van der Waals surface area (Å²) < 4.78 is 0. The van der Waals surface area contributed by atoms with Crippen LogP contribution in [0.25, 0.3) is 0 Å². The molecule has 1 fully saturated rings. The van der Waals surface area contributed by atoms with Gasteiger partial charge in [0.1, 0.15) is 0 Å². The highest BCUT2D eigenvalue weighted by atomic mass is 14.6. The maximum absolute atomic E-state index is 3.93. The minimum Gasteiger partial charge on any atom is -0.301 e. The Morgan fingerprint density at radius 1 is 1.57 bits per heavy atom. The minimum absolute atomic E-state index is 0.838. The predicted molar refractivity (Wildman–Crippen MR) is 31.8 cm³/mol. The molecule has 0 radical (unpaired) electrons. The third-order valence-electron chi connectivity index (χ3n) is 1.51. The lowest BCUT2D eigenvalue weighted by Gasteiger charge is -2.19. The number of nitrogens with zero attached hydrogens (tertiary/aromatic N) is 1. The fraction of sp³-hybridized carbons (Fsp3) is 0.833. The lowest BCUT2D eigenvalue weighted by molar-refractivity contribution is 0.420. The van der Waals surface area contributed by atoms with Gasteiger partial charge in [-0.05, 0) is 18.8 Å². The second-order valence-corrected chi connectivity index (χ2v) is 2.10. The summed E-state index contributed by atoms with van der Waals surface area (Å²) in [5.74, 6) is 0.838. The van der Waals surface area contributed by atoms with Crippen molar-refractivity contribution in [3.8, 4) is 0 Å². The van der Waals surface area contributed by atoms with Crippen molar-refractivity contribution in [2.45, 2.75) is 19.3 Å². The summed E-state index contributed by atoms with van der Waals surface area (Å²) >= 11 is 0. The van der Waals surface area contributed by atoms with Crippen LogP contribution in [0.1, 0.15) is 19.3 Å². The van der Waals surface area contributed by atoms with E-state index in [1.165, 1.54) is 19.3 Å². The molecule has 0 amide bonds. The lowest BCUT2D eigenvalue weighted by Crippen LogP contribution is -2.11. The SMILES string of the molecule is C/N=C/C1CCC1.